The fourth-order valence-electron chi connectivity index (χ4n) is 2.24. The molecule has 2 heterocycles. The number of likely N-dealkylation sites (tertiary alicyclic amines) is 1. The van der Waals surface area contributed by atoms with Crippen molar-refractivity contribution in [3.63, 3.8) is 0 Å². The maximum atomic E-state index is 11.1. The van der Waals surface area contributed by atoms with Crippen molar-refractivity contribution in [1.82, 2.24) is 14.9 Å². The van der Waals surface area contributed by atoms with Gasteiger partial charge < -0.3 is 15.6 Å². The normalized spacial score (nSPS) is 20.0. The first kappa shape index (κ1) is 13.4. The summed E-state index contributed by atoms with van der Waals surface area (Å²) < 4.78 is 0. The summed E-state index contributed by atoms with van der Waals surface area (Å²) in [6, 6.07) is 0.137. The molecule has 1 aromatic heterocycles. The van der Waals surface area contributed by atoms with Crippen molar-refractivity contribution in [3.05, 3.63) is 16.4 Å². The van der Waals surface area contributed by atoms with Gasteiger partial charge in [0.25, 0.3) is 0 Å². The number of nitro groups is 1. The minimum absolute atomic E-state index is 0.00617. The fourth-order valence-corrected chi connectivity index (χ4v) is 2.24. The third-order valence-electron chi connectivity index (χ3n) is 3.11. The van der Waals surface area contributed by atoms with E-state index in [-0.39, 0.29) is 23.4 Å². The van der Waals surface area contributed by atoms with Crippen molar-refractivity contribution in [3.8, 4) is 0 Å². The van der Waals surface area contributed by atoms with E-state index < -0.39 is 4.92 Å². The van der Waals surface area contributed by atoms with E-state index in [9.17, 15) is 10.1 Å². The van der Waals surface area contributed by atoms with E-state index >= 15 is 0 Å². The molecule has 1 atom stereocenters. The van der Waals surface area contributed by atoms with Crippen LogP contribution in [-0.2, 0) is 0 Å². The quantitative estimate of drug-likeness (QED) is 0.401. The second-order valence-electron chi connectivity index (χ2n) is 4.57. The van der Waals surface area contributed by atoms with Crippen LogP contribution in [-0.4, -0.2) is 46.0 Å². The van der Waals surface area contributed by atoms with Gasteiger partial charge in [0.15, 0.2) is 0 Å². The minimum atomic E-state index is -0.538. The number of anilines is 2. The van der Waals surface area contributed by atoms with Crippen LogP contribution in [0.4, 0.5) is 17.3 Å². The molecule has 0 spiro atoms. The van der Waals surface area contributed by atoms with E-state index in [2.05, 4.69) is 25.6 Å². The number of piperidine rings is 1. The highest BCUT2D eigenvalue weighted by atomic mass is 16.6. The first-order valence-electron chi connectivity index (χ1n) is 6.03. The molecule has 0 bridgehead atoms. The molecule has 2 rings (SSSR count). The SMILES string of the molecule is CN1CCCC(Nc2ncnc(NN)c2[N+](=O)[O-])C1. The van der Waals surface area contributed by atoms with Crippen LogP contribution in [0.3, 0.4) is 0 Å². The van der Waals surface area contributed by atoms with Gasteiger partial charge in [0, 0.05) is 12.6 Å². The molecular formula is C10H17N7O2. The molecule has 1 fully saturated rings. The Morgan fingerprint density at radius 2 is 2.26 bits per heavy atom. The van der Waals surface area contributed by atoms with Crippen LogP contribution >= 0.6 is 0 Å². The summed E-state index contributed by atoms with van der Waals surface area (Å²) in [6.07, 6.45) is 3.25. The van der Waals surface area contributed by atoms with Crippen molar-refractivity contribution < 1.29 is 4.92 Å². The number of nitrogens with zero attached hydrogens (tertiary/aromatic N) is 4. The molecule has 1 saturated heterocycles. The molecule has 0 saturated carbocycles. The summed E-state index contributed by atoms with van der Waals surface area (Å²) >= 11 is 0. The Morgan fingerprint density at radius 3 is 2.89 bits per heavy atom. The fraction of sp³-hybridized carbons (Fsp3) is 0.600. The Kier molecular flexibility index (Phi) is 4.07. The number of nitrogens with one attached hydrogen (secondary N) is 2. The number of rotatable bonds is 4. The van der Waals surface area contributed by atoms with Crippen LogP contribution < -0.4 is 16.6 Å². The molecule has 0 amide bonds. The summed E-state index contributed by atoms with van der Waals surface area (Å²) in [6.45, 7) is 1.87. The molecule has 1 unspecified atom stereocenters. The lowest BCUT2D eigenvalue weighted by Crippen LogP contribution is -2.40. The lowest BCUT2D eigenvalue weighted by molar-refractivity contribution is -0.383. The van der Waals surface area contributed by atoms with E-state index in [4.69, 9.17) is 5.84 Å². The first-order valence-corrected chi connectivity index (χ1v) is 6.03. The summed E-state index contributed by atoms with van der Waals surface area (Å²) in [5.74, 6) is 5.44. The second-order valence-corrected chi connectivity index (χ2v) is 4.57. The molecule has 4 N–H and O–H groups in total. The standard InChI is InChI=1S/C10H17N7O2/c1-16-4-2-3-7(5-16)14-9-8(17(18)19)10(15-11)13-6-12-9/h6-7H,2-5,11H2,1H3,(H2,12,13,14,15). The molecule has 0 aliphatic carbocycles. The van der Waals surface area contributed by atoms with E-state index in [0.717, 1.165) is 25.9 Å². The zero-order chi connectivity index (χ0) is 13.8. The summed E-state index contributed by atoms with van der Waals surface area (Å²) in [7, 11) is 2.02. The minimum Gasteiger partial charge on any atom is -0.360 e. The van der Waals surface area contributed by atoms with Crippen LogP contribution in [0.2, 0.25) is 0 Å². The molecular weight excluding hydrogens is 250 g/mol. The molecule has 0 radical (unpaired) electrons. The third kappa shape index (κ3) is 3.06. The van der Waals surface area contributed by atoms with Crippen molar-refractivity contribution in [2.75, 3.05) is 30.9 Å². The average Bonchev–Trinajstić information content (AvgIpc) is 2.38. The van der Waals surface area contributed by atoms with Gasteiger partial charge in [0.1, 0.15) is 6.33 Å². The van der Waals surface area contributed by atoms with Gasteiger partial charge in [0.05, 0.1) is 4.92 Å². The van der Waals surface area contributed by atoms with Gasteiger partial charge in [-0.1, -0.05) is 0 Å². The highest BCUT2D eigenvalue weighted by Gasteiger charge is 2.25. The second kappa shape index (κ2) is 5.76. The largest absolute Gasteiger partial charge is 0.360 e. The zero-order valence-corrected chi connectivity index (χ0v) is 10.7. The highest BCUT2D eigenvalue weighted by Crippen LogP contribution is 2.29. The van der Waals surface area contributed by atoms with Gasteiger partial charge in [-0.15, -0.1) is 0 Å². The Labute approximate surface area is 110 Å². The third-order valence-corrected chi connectivity index (χ3v) is 3.11. The van der Waals surface area contributed by atoms with Gasteiger partial charge in [0.2, 0.25) is 11.6 Å². The molecule has 19 heavy (non-hydrogen) atoms. The molecule has 1 aromatic rings. The van der Waals surface area contributed by atoms with E-state index in [1.165, 1.54) is 6.33 Å². The van der Waals surface area contributed by atoms with Crippen LogP contribution in [0.5, 0.6) is 0 Å². The van der Waals surface area contributed by atoms with Gasteiger partial charge in [-0.25, -0.2) is 15.8 Å². The predicted molar refractivity (Wildman–Crippen MR) is 70.6 cm³/mol. The van der Waals surface area contributed by atoms with E-state index in [0.29, 0.717) is 0 Å². The zero-order valence-electron chi connectivity index (χ0n) is 10.7. The van der Waals surface area contributed by atoms with Crippen LogP contribution in [0, 0.1) is 10.1 Å². The highest BCUT2D eigenvalue weighted by molar-refractivity contribution is 5.69. The lowest BCUT2D eigenvalue weighted by Gasteiger charge is -2.30. The molecule has 0 aromatic carbocycles. The number of nitrogen functional groups attached to an aromatic ring is 1. The molecule has 1 aliphatic rings. The number of nitrogens with two attached hydrogens (primary N) is 1. The number of hydrogen-bond donors (Lipinski definition) is 3. The lowest BCUT2D eigenvalue weighted by atomic mass is 10.1. The van der Waals surface area contributed by atoms with Crippen molar-refractivity contribution >= 4 is 17.3 Å². The van der Waals surface area contributed by atoms with Gasteiger partial charge in [-0.05, 0) is 26.4 Å². The first-order chi connectivity index (χ1) is 9.11. The Balaban J connectivity index is 2.21. The summed E-state index contributed by atoms with van der Waals surface area (Å²) in [5.41, 5.74) is 2.00. The Bertz CT molecular complexity index is 467. The van der Waals surface area contributed by atoms with E-state index in [1.54, 1.807) is 0 Å². The van der Waals surface area contributed by atoms with Crippen molar-refractivity contribution in [2.24, 2.45) is 5.84 Å². The molecule has 9 heteroatoms. The van der Waals surface area contributed by atoms with E-state index in [1.807, 2.05) is 7.05 Å². The topological polar surface area (TPSA) is 122 Å². The molecule has 9 nitrogen and oxygen atoms in total. The van der Waals surface area contributed by atoms with Gasteiger partial charge in [-0.2, -0.15) is 0 Å². The monoisotopic (exact) mass is 267 g/mol. The number of hydrazine groups is 1. The smallest absolute Gasteiger partial charge is 0.354 e. The maximum absolute atomic E-state index is 11.1. The predicted octanol–water partition coefficient (Wildman–Crippen LogP) is 0.177. The van der Waals surface area contributed by atoms with Crippen LogP contribution in [0.15, 0.2) is 6.33 Å². The molecule has 104 valence electrons. The van der Waals surface area contributed by atoms with Crippen LogP contribution in [0.25, 0.3) is 0 Å². The van der Waals surface area contributed by atoms with Gasteiger partial charge in [-0.3, -0.25) is 10.1 Å². The molecule has 1 aliphatic heterocycles. The average molecular weight is 267 g/mol. The maximum Gasteiger partial charge on any atom is 0.354 e. The number of likely N-dealkylation sites (N-methyl/N-ethyl adjacent to an activating group) is 1. The number of hydrogen-bond acceptors (Lipinski definition) is 8. The van der Waals surface area contributed by atoms with Crippen molar-refractivity contribution in [2.45, 2.75) is 18.9 Å². The Morgan fingerprint density at radius 1 is 1.53 bits per heavy atom. The van der Waals surface area contributed by atoms with Crippen molar-refractivity contribution in [1.29, 1.82) is 0 Å². The van der Waals surface area contributed by atoms with Gasteiger partial charge >= 0.3 is 5.69 Å². The number of aromatic nitrogens is 2. The summed E-state index contributed by atoms with van der Waals surface area (Å²) in [5, 5.41) is 14.2. The Hall–Kier alpha value is -2.00. The summed E-state index contributed by atoms with van der Waals surface area (Å²) in [4.78, 5) is 20.4. The van der Waals surface area contributed by atoms with Crippen LogP contribution in [0.1, 0.15) is 12.8 Å².